The third-order valence-electron chi connectivity index (χ3n) is 1.83. The van der Waals surface area contributed by atoms with E-state index >= 15 is 0 Å². The highest BCUT2D eigenvalue weighted by molar-refractivity contribution is 5.76. The molecule has 0 aromatic rings. The van der Waals surface area contributed by atoms with E-state index in [9.17, 15) is 4.79 Å². The number of carbonyl (C=O) groups is 1. The topological polar surface area (TPSA) is 87.1 Å². The van der Waals surface area contributed by atoms with Gasteiger partial charge in [0.2, 0.25) is 0 Å². The molecule has 0 aromatic heterocycles. The standard InChI is InChI=1S/C7H12N4O2/c1-13-7(12)6(4-9-11-8)10-5-2-3-5/h5-6,10H,2-4H2,1H3. The van der Waals surface area contributed by atoms with Crippen molar-refractivity contribution >= 4 is 5.97 Å². The molecule has 0 spiro atoms. The average molecular weight is 184 g/mol. The molecular weight excluding hydrogens is 172 g/mol. The molecule has 1 aliphatic carbocycles. The summed E-state index contributed by atoms with van der Waals surface area (Å²) in [5.41, 5.74) is 8.10. The van der Waals surface area contributed by atoms with Gasteiger partial charge in [-0.1, -0.05) is 5.11 Å². The number of azide groups is 1. The van der Waals surface area contributed by atoms with E-state index in [0.717, 1.165) is 12.8 Å². The zero-order chi connectivity index (χ0) is 9.68. The number of rotatable bonds is 5. The van der Waals surface area contributed by atoms with Crippen molar-refractivity contribution in [3.05, 3.63) is 10.4 Å². The lowest BCUT2D eigenvalue weighted by Gasteiger charge is -2.12. The molecule has 0 amide bonds. The predicted molar refractivity (Wildman–Crippen MR) is 46.0 cm³/mol. The van der Waals surface area contributed by atoms with E-state index in [1.54, 1.807) is 0 Å². The first-order valence-electron chi connectivity index (χ1n) is 4.12. The molecule has 1 aliphatic rings. The van der Waals surface area contributed by atoms with E-state index in [-0.39, 0.29) is 12.5 Å². The summed E-state index contributed by atoms with van der Waals surface area (Å²) in [7, 11) is 1.32. The second kappa shape index (κ2) is 4.69. The predicted octanol–water partition coefficient (Wildman–Crippen LogP) is 0.590. The van der Waals surface area contributed by atoms with Crippen LogP contribution in [0.15, 0.2) is 5.11 Å². The molecule has 1 N–H and O–H groups in total. The SMILES string of the molecule is COC(=O)C(CN=[N+]=[N-])NC1CC1. The van der Waals surface area contributed by atoms with Gasteiger partial charge in [0.15, 0.2) is 0 Å². The first kappa shape index (κ1) is 9.83. The summed E-state index contributed by atoms with van der Waals surface area (Å²) >= 11 is 0. The highest BCUT2D eigenvalue weighted by Crippen LogP contribution is 2.19. The quantitative estimate of drug-likeness (QED) is 0.293. The number of esters is 1. The van der Waals surface area contributed by atoms with Crippen LogP contribution in [0.4, 0.5) is 0 Å². The summed E-state index contributed by atoms with van der Waals surface area (Å²) in [6.45, 7) is 0.111. The summed E-state index contributed by atoms with van der Waals surface area (Å²) < 4.78 is 4.55. The van der Waals surface area contributed by atoms with Gasteiger partial charge in [0.1, 0.15) is 6.04 Å². The summed E-state index contributed by atoms with van der Waals surface area (Å²) in [6.07, 6.45) is 2.15. The van der Waals surface area contributed by atoms with Crippen molar-refractivity contribution in [2.75, 3.05) is 13.7 Å². The van der Waals surface area contributed by atoms with Crippen LogP contribution < -0.4 is 5.32 Å². The number of carbonyl (C=O) groups excluding carboxylic acids is 1. The molecule has 0 aliphatic heterocycles. The summed E-state index contributed by atoms with van der Waals surface area (Å²) in [5, 5.41) is 6.38. The molecule has 13 heavy (non-hydrogen) atoms. The Balaban J connectivity index is 2.40. The maximum Gasteiger partial charge on any atom is 0.322 e. The number of methoxy groups -OCH3 is 1. The first-order chi connectivity index (χ1) is 6.27. The van der Waals surface area contributed by atoms with Gasteiger partial charge in [0, 0.05) is 11.0 Å². The van der Waals surface area contributed by atoms with Crippen LogP contribution in [0.1, 0.15) is 12.8 Å². The van der Waals surface area contributed by atoms with Crippen LogP contribution in [0.3, 0.4) is 0 Å². The molecule has 6 nitrogen and oxygen atoms in total. The lowest BCUT2D eigenvalue weighted by Crippen LogP contribution is -2.41. The molecule has 1 fully saturated rings. The van der Waals surface area contributed by atoms with Crippen molar-refractivity contribution in [3.63, 3.8) is 0 Å². The van der Waals surface area contributed by atoms with Crippen molar-refractivity contribution in [1.82, 2.24) is 5.32 Å². The largest absolute Gasteiger partial charge is 0.468 e. The van der Waals surface area contributed by atoms with Gasteiger partial charge in [0.25, 0.3) is 0 Å². The van der Waals surface area contributed by atoms with Gasteiger partial charge >= 0.3 is 5.97 Å². The summed E-state index contributed by atoms with van der Waals surface area (Å²) in [6, 6.07) is -0.105. The van der Waals surface area contributed by atoms with Crippen LogP contribution in [0, 0.1) is 0 Å². The number of hydrogen-bond acceptors (Lipinski definition) is 4. The van der Waals surface area contributed by atoms with Crippen LogP contribution in [0.25, 0.3) is 10.4 Å². The highest BCUT2D eigenvalue weighted by Gasteiger charge is 2.28. The highest BCUT2D eigenvalue weighted by atomic mass is 16.5. The molecule has 0 bridgehead atoms. The van der Waals surface area contributed by atoms with Crippen molar-refractivity contribution in [2.45, 2.75) is 24.9 Å². The van der Waals surface area contributed by atoms with Gasteiger partial charge in [-0.05, 0) is 18.4 Å². The molecule has 72 valence electrons. The zero-order valence-corrected chi connectivity index (χ0v) is 7.43. The Morgan fingerprint density at radius 3 is 3.00 bits per heavy atom. The van der Waals surface area contributed by atoms with Crippen molar-refractivity contribution in [2.24, 2.45) is 5.11 Å². The van der Waals surface area contributed by atoms with E-state index < -0.39 is 6.04 Å². The third kappa shape index (κ3) is 3.31. The van der Waals surface area contributed by atoms with Gasteiger partial charge in [0.05, 0.1) is 13.7 Å². The third-order valence-corrected chi connectivity index (χ3v) is 1.83. The molecule has 1 atom stereocenters. The maximum absolute atomic E-state index is 11.1. The Morgan fingerprint density at radius 2 is 2.54 bits per heavy atom. The number of nitrogens with one attached hydrogen (secondary N) is 1. The molecule has 1 rings (SSSR count). The fraction of sp³-hybridized carbons (Fsp3) is 0.857. The lowest BCUT2D eigenvalue weighted by molar-refractivity contribution is -0.142. The molecule has 6 heteroatoms. The minimum atomic E-state index is -0.492. The average Bonchev–Trinajstić information content (AvgIpc) is 2.94. The second-order valence-corrected chi connectivity index (χ2v) is 2.93. The molecule has 0 aromatic carbocycles. The van der Waals surface area contributed by atoms with Gasteiger partial charge in [-0.25, -0.2) is 0 Å². The van der Waals surface area contributed by atoms with E-state index in [0.29, 0.717) is 6.04 Å². The second-order valence-electron chi connectivity index (χ2n) is 2.93. The smallest absolute Gasteiger partial charge is 0.322 e. The first-order valence-corrected chi connectivity index (χ1v) is 4.12. The Kier molecular flexibility index (Phi) is 3.54. The van der Waals surface area contributed by atoms with Gasteiger partial charge in [-0.3, -0.25) is 4.79 Å². The fourth-order valence-corrected chi connectivity index (χ4v) is 0.990. The number of hydrogen-bond donors (Lipinski definition) is 1. The van der Waals surface area contributed by atoms with E-state index in [1.165, 1.54) is 7.11 Å². The Morgan fingerprint density at radius 1 is 1.85 bits per heavy atom. The molecule has 0 heterocycles. The zero-order valence-electron chi connectivity index (χ0n) is 7.43. The van der Waals surface area contributed by atoms with Crippen LogP contribution >= 0.6 is 0 Å². The van der Waals surface area contributed by atoms with Gasteiger partial charge in [-0.15, -0.1) is 0 Å². The minimum Gasteiger partial charge on any atom is -0.468 e. The number of ether oxygens (including phenoxy) is 1. The summed E-state index contributed by atoms with van der Waals surface area (Å²) in [4.78, 5) is 13.7. The Labute approximate surface area is 75.9 Å². The summed E-state index contributed by atoms with van der Waals surface area (Å²) in [5.74, 6) is -0.376. The van der Waals surface area contributed by atoms with Crippen LogP contribution in [-0.2, 0) is 9.53 Å². The van der Waals surface area contributed by atoms with E-state index in [2.05, 4.69) is 20.1 Å². The molecule has 1 unspecified atom stereocenters. The lowest BCUT2D eigenvalue weighted by atomic mass is 10.3. The molecule has 1 saturated carbocycles. The number of nitrogens with zero attached hydrogens (tertiary/aromatic N) is 3. The molecular formula is C7H12N4O2. The van der Waals surface area contributed by atoms with Crippen molar-refractivity contribution in [1.29, 1.82) is 0 Å². The van der Waals surface area contributed by atoms with Crippen molar-refractivity contribution in [3.8, 4) is 0 Å². The molecule has 0 radical (unpaired) electrons. The monoisotopic (exact) mass is 184 g/mol. The minimum absolute atomic E-state index is 0.111. The van der Waals surface area contributed by atoms with Gasteiger partial charge < -0.3 is 10.1 Å². The fourth-order valence-electron chi connectivity index (χ4n) is 0.990. The van der Waals surface area contributed by atoms with E-state index in [1.807, 2.05) is 0 Å². The van der Waals surface area contributed by atoms with E-state index in [4.69, 9.17) is 5.53 Å². The van der Waals surface area contributed by atoms with Crippen LogP contribution in [0.2, 0.25) is 0 Å². The van der Waals surface area contributed by atoms with Crippen LogP contribution in [-0.4, -0.2) is 31.7 Å². The Hall–Kier alpha value is -1.26. The van der Waals surface area contributed by atoms with Crippen LogP contribution in [0.5, 0.6) is 0 Å². The molecule has 0 saturated heterocycles. The maximum atomic E-state index is 11.1. The van der Waals surface area contributed by atoms with Crippen molar-refractivity contribution < 1.29 is 9.53 Å². The normalized spacial score (nSPS) is 17.3. The Bertz CT molecular complexity index is 233. The van der Waals surface area contributed by atoms with Gasteiger partial charge in [-0.2, -0.15) is 0 Å².